The fraction of sp³-hybridized carbons (Fsp3) is 0.316. The molecule has 2 rings (SSSR count). The molecule has 2 aromatic carbocycles. The number of urea groups is 1. The number of nitrogens with one attached hydrogen (secondary N) is 2. The van der Waals surface area contributed by atoms with E-state index in [0.717, 1.165) is 29.0 Å². The van der Waals surface area contributed by atoms with Crippen molar-refractivity contribution < 1.29 is 14.3 Å². The summed E-state index contributed by atoms with van der Waals surface area (Å²) >= 11 is 0. The van der Waals surface area contributed by atoms with Gasteiger partial charge in [0.2, 0.25) is 0 Å². The van der Waals surface area contributed by atoms with Gasteiger partial charge in [0.15, 0.2) is 0 Å². The molecular weight excluding hydrogens is 304 g/mol. The molecule has 0 saturated heterocycles. The lowest BCUT2D eigenvalue weighted by atomic mass is 10.0. The van der Waals surface area contributed by atoms with E-state index in [1.807, 2.05) is 55.5 Å². The number of hydrogen-bond donors (Lipinski definition) is 2. The van der Waals surface area contributed by atoms with Crippen LogP contribution in [0.4, 0.5) is 10.5 Å². The summed E-state index contributed by atoms with van der Waals surface area (Å²) in [6, 6.07) is 15.2. The molecule has 0 aliphatic rings. The molecule has 2 N–H and O–H groups in total. The van der Waals surface area contributed by atoms with Crippen LogP contribution in [-0.4, -0.2) is 32.9 Å². The van der Waals surface area contributed by atoms with E-state index in [1.54, 1.807) is 14.2 Å². The van der Waals surface area contributed by atoms with Crippen LogP contribution in [0.1, 0.15) is 13.3 Å². The highest BCUT2D eigenvalue weighted by Crippen LogP contribution is 2.30. The van der Waals surface area contributed by atoms with E-state index < -0.39 is 0 Å². The number of methoxy groups -OCH3 is 2. The lowest BCUT2D eigenvalue weighted by Gasteiger charge is -2.14. The zero-order chi connectivity index (χ0) is 17.4. The number of rotatable bonds is 7. The number of hydrogen-bond acceptors (Lipinski definition) is 3. The molecule has 0 heterocycles. The minimum Gasteiger partial charge on any atom is -0.497 e. The molecule has 0 saturated carbocycles. The van der Waals surface area contributed by atoms with Crippen LogP contribution in [-0.2, 0) is 4.74 Å². The first kappa shape index (κ1) is 17.8. The van der Waals surface area contributed by atoms with E-state index in [9.17, 15) is 4.79 Å². The molecule has 0 bridgehead atoms. The fourth-order valence-corrected chi connectivity index (χ4v) is 2.31. The van der Waals surface area contributed by atoms with Gasteiger partial charge in [0.25, 0.3) is 0 Å². The number of para-hydroxylation sites is 1. The van der Waals surface area contributed by atoms with Gasteiger partial charge in [-0.2, -0.15) is 0 Å². The summed E-state index contributed by atoms with van der Waals surface area (Å²) in [5.74, 6) is 0.778. The van der Waals surface area contributed by atoms with Gasteiger partial charge in [0, 0.05) is 19.2 Å². The molecule has 128 valence electrons. The van der Waals surface area contributed by atoms with Gasteiger partial charge < -0.3 is 20.1 Å². The molecule has 2 aromatic rings. The molecule has 0 fully saturated rings. The summed E-state index contributed by atoms with van der Waals surface area (Å²) in [5, 5.41) is 5.75. The Morgan fingerprint density at radius 3 is 2.67 bits per heavy atom. The highest BCUT2D eigenvalue weighted by Gasteiger charge is 2.09. The summed E-state index contributed by atoms with van der Waals surface area (Å²) in [5.41, 5.74) is 2.68. The molecule has 1 atom stereocenters. The van der Waals surface area contributed by atoms with Crippen molar-refractivity contribution >= 4 is 11.7 Å². The largest absolute Gasteiger partial charge is 0.497 e. The van der Waals surface area contributed by atoms with Crippen molar-refractivity contribution in [1.82, 2.24) is 5.32 Å². The molecule has 0 aromatic heterocycles. The van der Waals surface area contributed by atoms with Gasteiger partial charge in [-0.15, -0.1) is 0 Å². The van der Waals surface area contributed by atoms with Crippen LogP contribution >= 0.6 is 0 Å². The van der Waals surface area contributed by atoms with Gasteiger partial charge >= 0.3 is 6.03 Å². The number of anilines is 1. The Morgan fingerprint density at radius 2 is 1.92 bits per heavy atom. The van der Waals surface area contributed by atoms with Crippen LogP contribution in [0, 0.1) is 0 Å². The highest BCUT2D eigenvalue weighted by atomic mass is 16.5. The van der Waals surface area contributed by atoms with Crippen LogP contribution in [0.5, 0.6) is 5.75 Å². The van der Waals surface area contributed by atoms with Gasteiger partial charge in [0.05, 0.1) is 18.9 Å². The first-order valence-electron chi connectivity index (χ1n) is 7.95. The van der Waals surface area contributed by atoms with Gasteiger partial charge in [-0.05, 0) is 37.1 Å². The summed E-state index contributed by atoms with van der Waals surface area (Å²) in [7, 11) is 3.30. The molecule has 2 amide bonds. The molecule has 5 nitrogen and oxygen atoms in total. The zero-order valence-corrected chi connectivity index (χ0v) is 14.3. The molecule has 0 aliphatic heterocycles. The molecule has 0 radical (unpaired) electrons. The smallest absolute Gasteiger partial charge is 0.319 e. The maximum atomic E-state index is 12.1. The summed E-state index contributed by atoms with van der Waals surface area (Å²) in [4.78, 5) is 12.1. The van der Waals surface area contributed by atoms with Crippen LogP contribution in [0.25, 0.3) is 11.1 Å². The Morgan fingerprint density at radius 1 is 1.12 bits per heavy atom. The maximum Gasteiger partial charge on any atom is 0.319 e. The standard InChI is InChI=1S/C19H24N2O3/c1-14(23-2)11-12-20-19(22)21-18-10-5-4-9-17(18)15-7-6-8-16(13-15)24-3/h4-10,13-14H,11-12H2,1-3H3,(H2,20,21,22)/t14-/m0/s1. The quantitative estimate of drug-likeness (QED) is 0.810. The third-order valence-electron chi connectivity index (χ3n) is 3.79. The van der Waals surface area contributed by atoms with Crippen molar-refractivity contribution in [3.05, 3.63) is 48.5 Å². The SMILES string of the molecule is COc1cccc(-c2ccccc2NC(=O)NCC[C@H](C)OC)c1. The predicted molar refractivity (Wildman–Crippen MR) is 96.5 cm³/mol. The van der Waals surface area contributed by atoms with E-state index >= 15 is 0 Å². The van der Waals surface area contributed by atoms with E-state index in [0.29, 0.717) is 6.54 Å². The summed E-state index contributed by atoms with van der Waals surface area (Å²) < 4.78 is 10.4. The topological polar surface area (TPSA) is 59.6 Å². The van der Waals surface area contributed by atoms with Crippen molar-refractivity contribution in [2.45, 2.75) is 19.4 Å². The third-order valence-corrected chi connectivity index (χ3v) is 3.79. The van der Waals surface area contributed by atoms with Gasteiger partial charge in [-0.1, -0.05) is 30.3 Å². The monoisotopic (exact) mass is 328 g/mol. The Balaban J connectivity index is 2.07. The van der Waals surface area contributed by atoms with E-state index in [4.69, 9.17) is 9.47 Å². The first-order chi connectivity index (χ1) is 11.6. The molecule has 0 unspecified atom stereocenters. The second kappa shape index (κ2) is 8.93. The molecular formula is C19H24N2O3. The number of carbonyl (C=O) groups is 1. The minimum absolute atomic E-state index is 0.120. The number of ether oxygens (including phenoxy) is 2. The fourth-order valence-electron chi connectivity index (χ4n) is 2.31. The minimum atomic E-state index is -0.228. The number of benzene rings is 2. The average molecular weight is 328 g/mol. The normalized spacial score (nSPS) is 11.6. The van der Waals surface area contributed by atoms with Gasteiger partial charge in [0.1, 0.15) is 5.75 Å². The molecule has 0 spiro atoms. The third kappa shape index (κ3) is 4.99. The second-order valence-corrected chi connectivity index (χ2v) is 5.49. The van der Waals surface area contributed by atoms with Gasteiger partial charge in [-0.25, -0.2) is 4.79 Å². The van der Waals surface area contributed by atoms with Gasteiger partial charge in [-0.3, -0.25) is 0 Å². The van der Waals surface area contributed by atoms with Crippen molar-refractivity contribution in [2.75, 3.05) is 26.1 Å². The van der Waals surface area contributed by atoms with Crippen LogP contribution in [0.3, 0.4) is 0 Å². The highest BCUT2D eigenvalue weighted by molar-refractivity contribution is 5.94. The average Bonchev–Trinajstić information content (AvgIpc) is 2.62. The summed E-state index contributed by atoms with van der Waals surface area (Å²) in [6.07, 6.45) is 0.885. The first-order valence-corrected chi connectivity index (χ1v) is 7.95. The van der Waals surface area contributed by atoms with Crippen molar-refractivity contribution in [3.63, 3.8) is 0 Å². The lowest BCUT2D eigenvalue weighted by Crippen LogP contribution is -2.31. The van der Waals surface area contributed by atoms with Crippen molar-refractivity contribution in [3.8, 4) is 16.9 Å². The van der Waals surface area contributed by atoms with Crippen LogP contribution in [0.15, 0.2) is 48.5 Å². The second-order valence-electron chi connectivity index (χ2n) is 5.49. The van der Waals surface area contributed by atoms with Crippen molar-refractivity contribution in [2.24, 2.45) is 0 Å². The Bertz CT molecular complexity index is 673. The molecule has 0 aliphatic carbocycles. The molecule has 5 heteroatoms. The Hall–Kier alpha value is -2.53. The van der Waals surface area contributed by atoms with E-state index in [2.05, 4.69) is 10.6 Å². The van der Waals surface area contributed by atoms with Crippen LogP contribution in [0.2, 0.25) is 0 Å². The van der Waals surface area contributed by atoms with Crippen LogP contribution < -0.4 is 15.4 Å². The maximum absolute atomic E-state index is 12.1. The number of carbonyl (C=O) groups excluding carboxylic acids is 1. The Labute approximate surface area is 143 Å². The summed E-state index contributed by atoms with van der Waals surface area (Å²) in [6.45, 7) is 2.53. The van der Waals surface area contributed by atoms with E-state index in [-0.39, 0.29) is 12.1 Å². The number of amides is 2. The molecule has 24 heavy (non-hydrogen) atoms. The lowest BCUT2D eigenvalue weighted by molar-refractivity contribution is 0.111. The Kier molecular flexibility index (Phi) is 6.63. The van der Waals surface area contributed by atoms with Crippen molar-refractivity contribution in [1.29, 1.82) is 0 Å². The zero-order valence-electron chi connectivity index (χ0n) is 14.3. The van der Waals surface area contributed by atoms with E-state index in [1.165, 1.54) is 0 Å². The predicted octanol–water partition coefficient (Wildman–Crippen LogP) is 3.91.